The Morgan fingerprint density at radius 3 is 2.41 bits per heavy atom. The molecule has 1 saturated carbocycles. The van der Waals surface area contributed by atoms with Gasteiger partial charge >= 0.3 is 6.03 Å². The Morgan fingerprint density at radius 1 is 0.906 bits per heavy atom. The zero-order valence-electron chi connectivity index (χ0n) is 17.9. The molecule has 6 nitrogen and oxygen atoms in total. The highest BCUT2D eigenvalue weighted by Crippen LogP contribution is 2.31. The Kier molecular flexibility index (Phi) is 7.43. The van der Waals surface area contributed by atoms with Gasteiger partial charge in [-0.05, 0) is 56.0 Å². The maximum absolute atomic E-state index is 13.2. The second-order valence-electron chi connectivity index (χ2n) is 8.41. The topological polar surface area (TPSA) is 73.5 Å². The van der Waals surface area contributed by atoms with Gasteiger partial charge in [-0.2, -0.15) is 0 Å². The van der Waals surface area contributed by atoms with Crippen molar-refractivity contribution in [2.24, 2.45) is 0 Å². The minimum atomic E-state index is -0.457. The highest BCUT2D eigenvalue weighted by atomic mass is 35.5. The van der Waals surface area contributed by atoms with Crippen LogP contribution in [-0.4, -0.2) is 31.1 Å². The number of carbonyl (C=O) groups excluding carboxylic acids is 2. The third kappa shape index (κ3) is 5.48. The summed E-state index contributed by atoms with van der Waals surface area (Å²) in [6.07, 6.45) is 7.81. The largest absolute Gasteiger partial charge is 0.371 e. The van der Waals surface area contributed by atoms with E-state index in [1.165, 1.54) is 6.42 Å². The molecular formula is C24H28Cl2N4O2. The van der Waals surface area contributed by atoms with E-state index < -0.39 is 6.03 Å². The molecule has 32 heavy (non-hydrogen) atoms. The average Bonchev–Trinajstić information content (AvgIpc) is 3.32. The van der Waals surface area contributed by atoms with E-state index >= 15 is 0 Å². The van der Waals surface area contributed by atoms with Gasteiger partial charge in [0.25, 0.3) is 5.91 Å². The van der Waals surface area contributed by atoms with Crippen molar-refractivity contribution < 1.29 is 9.59 Å². The average molecular weight is 475 g/mol. The first-order valence-corrected chi connectivity index (χ1v) is 12.0. The molecule has 2 aromatic carbocycles. The predicted octanol–water partition coefficient (Wildman–Crippen LogP) is 6.30. The van der Waals surface area contributed by atoms with Crippen LogP contribution in [0.15, 0.2) is 36.4 Å². The number of nitrogens with zero attached hydrogens (tertiary/aromatic N) is 1. The maximum atomic E-state index is 13.2. The fourth-order valence-electron chi connectivity index (χ4n) is 4.42. The zero-order valence-corrected chi connectivity index (χ0v) is 19.4. The Labute approximate surface area is 198 Å². The quantitative estimate of drug-likeness (QED) is 0.475. The van der Waals surface area contributed by atoms with E-state index in [1.54, 1.807) is 24.3 Å². The molecule has 2 fully saturated rings. The van der Waals surface area contributed by atoms with Crippen LogP contribution in [0.4, 0.5) is 21.9 Å². The molecular weight excluding hydrogens is 447 g/mol. The van der Waals surface area contributed by atoms with Crippen LogP contribution in [0.1, 0.15) is 55.3 Å². The summed E-state index contributed by atoms with van der Waals surface area (Å²) in [5, 5.41) is 9.36. The summed E-state index contributed by atoms with van der Waals surface area (Å²) in [7, 11) is 0. The predicted molar refractivity (Wildman–Crippen MR) is 131 cm³/mol. The summed E-state index contributed by atoms with van der Waals surface area (Å²) in [4.78, 5) is 28.0. The number of halogens is 2. The Bertz CT molecular complexity index is 986. The van der Waals surface area contributed by atoms with E-state index in [0.717, 1.165) is 57.3 Å². The van der Waals surface area contributed by atoms with Crippen LogP contribution < -0.4 is 20.9 Å². The molecule has 1 aliphatic heterocycles. The zero-order chi connectivity index (χ0) is 22.5. The molecule has 170 valence electrons. The van der Waals surface area contributed by atoms with Gasteiger partial charge in [-0.3, -0.25) is 4.79 Å². The molecule has 2 aliphatic rings. The molecule has 0 bridgehead atoms. The van der Waals surface area contributed by atoms with Gasteiger partial charge in [0.05, 0.1) is 21.3 Å². The van der Waals surface area contributed by atoms with E-state index in [1.807, 2.05) is 12.1 Å². The molecule has 3 amide bonds. The number of hydrogen-bond donors (Lipinski definition) is 3. The molecule has 8 heteroatoms. The van der Waals surface area contributed by atoms with Crippen LogP contribution in [-0.2, 0) is 0 Å². The first-order chi connectivity index (χ1) is 15.5. The second-order valence-corrected chi connectivity index (χ2v) is 9.20. The highest BCUT2D eigenvalue weighted by molar-refractivity contribution is 6.44. The lowest BCUT2D eigenvalue weighted by atomic mass is 9.95. The normalized spacial score (nSPS) is 16.6. The van der Waals surface area contributed by atoms with E-state index in [4.69, 9.17) is 23.2 Å². The van der Waals surface area contributed by atoms with Gasteiger partial charge in [-0.25, -0.2) is 4.79 Å². The van der Waals surface area contributed by atoms with Crippen molar-refractivity contribution in [3.8, 4) is 0 Å². The van der Waals surface area contributed by atoms with Gasteiger partial charge in [0.2, 0.25) is 0 Å². The van der Waals surface area contributed by atoms with Crippen LogP contribution in [0.5, 0.6) is 0 Å². The molecule has 0 radical (unpaired) electrons. The van der Waals surface area contributed by atoms with E-state index in [0.29, 0.717) is 22.0 Å². The lowest BCUT2D eigenvalue weighted by Gasteiger charge is -2.26. The van der Waals surface area contributed by atoms with Crippen molar-refractivity contribution in [3.63, 3.8) is 0 Å². The van der Waals surface area contributed by atoms with Gasteiger partial charge in [0, 0.05) is 30.5 Å². The number of amides is 3. The molecule has 1 heterocycles. The van der Waals surface area contributed by atoms with Crippen molar-refractivity contribution >= 4 is 52.2 Å². The molecule has 1 saturated heterocycles. The fraction of sp³-hybridized carbons (Fsp3) is 0.417. The summed E-state index contributed by atoms with van der Waals surface area (Å²) >= 11 is 12.2. The summed E-state index contributed by atoms with van der Waals surface area (Å²) in [6, 6.07) is 10.3. The maximum Gasteiger partial charge on any atom is 0.323 e. The van der Waals surface area contributed by atoms with Crippen LogP contribution >= 0.6 is 23.2 Å². The summed E-state index contributed by atoms with van der Waals surface area (Å²) in [6.45, 7) is 1.87. The van der Waals surface area contributed by atoms with Gasteiger partial charge < -0.3 is 20.9 Å². The number of hydrogen-bond acceptors (Lipinski definition) is 3. The van der Waals surface area contributed by atoms with Gasteiger partial charge in [0.15, 0.2) is 0 Å². The molecule has 2 aromatic rings. The highest BCUT2D eigenvalue weighted by Gasteiger charge is 2.23. The van der Waals surface area contributed by atoms with Crippen molar-refractivity contribution in [1.29, 1.82) is 0 Å². The SMILES string of the molecule is O=C(Nc1ccc(N2CCCC2)c(C(=O)NC2CCCCC2)c1)Nc1cccc(Cl)c1Cl. The molecule has 3 N–H and O–H groups in total. The van der Waals surface area contributed by atoms with E-state index in [-0.39, 0.29) is 17.0 Å². The summed E-state index contributed by atoms with van der Waals surface area (Å²) in [5.41, 5.74) is 2.47. The number of urea groups is 1. The third-order valence-electron chi connectivity index (χ3n) is 6.09. The Hall–Kier alpha value is -2.44. The smallest absolute Gasteiger partial charge is 0.323 e. The van der Waals surface area contributed by atoms with Crippen LogP contribution in [0.25, 0.3) is 0 Å². The number of carbonyl (C=O) groups is 2. The first-order valence-electron chi connectivity index (χ1n) is 11.2. The number of benzene rings is 2. The van der Waals surface area contributed by atoms with Crippen molar-refractivity contribution in [2.45, 2.75) is 51.0 Å². The fourth-order valence-corrected chi connectivity index (χ4v) is 4.77. The lowest BCUT2D eigenvalue weighted by Crippen LogP contribution is -2.37. The van der Waals surface area contributed by atoms with E-state index in [9.17, 15) is 9.59 Å². The van der Waals surface area contributed by atoms with Crippen LogP contribution in [0.2, 0.25) is 10.0 Å². The van der Waals surface area contributed by atoms with Crippen molar-refractivity contribution in [2.75, 3.05) is 28.6 Å². The molecule has 1 aliphatic carbocycles. The first kappa shape index (κ1) is 22.7. The van der Waals surface area contributed by atoms with Gasteiger partial charge in [-0.1, -0.05) is 48.5 Å². The lowest BCUT2D eigenvalue weighted by molar-refractivity contribution is 0.0928. The second kappa shape index (κ2) is 10.5. The molecule has 0 aromatic heterocycles. The summed E-state index contributed by atoms with van der Waals surface area (Å²) < 4.78 is 0. The monoisotopic (exact) mass is 474 g/mol. The third-order valence-corrected chi connectivity index (χ3v) is 6.90. The number of anilines is 3. The standard InChI is InChI=1S/C24H28Cl2N4O2/c25-19-9-6-10-20(22(19)26)29-24(32)28-17-11-12-21(30-13-4-5-14-30)18(15-17)23(31)27-16-7-2-1-3-8-16/h6,9-12,15-16H,1-5,7-8,13-14H2,(H,27,31)(H2,28,29,32). The molecule has 0 atom stereocenters. The minimum absolute atomic E-state index is 0.0826. The molecule has 4 rings (SSSR count). The number of rotatable bonds is 5. The van der Waals surface area contributed by atoms with E-state index in [2.05, 4.69) is 20.9 Å². The van der Waals surface area contributed by atoms with Crippen molar-refractivity contribution in [3.05, 3.63) is 52.0 Å². The van der Waals surface area contributed by atoms with Gasteiger partial charge in [-0.15, -0.1) is 0 Å². The summed E-state index contributed by atoms with van der Waals surface area (Å²) in [5.74, 6) is -0.0826. The van der Waals surface area contributed by atoms with Crippen molar-refractivity contribution in [1.82, 2.24) is 5.32 Å². The van der Waals surface area contributed by atoms with Gasteiger partial charge in [0.1, 0.15) is 0 Å². The van der Waals surface area contributed by atoms with Crippen LogP contribution in [0, 0.1) is 0 Å². The Balaban J connectivity index is 1.52. The molecule has 0 spiro atoms. The molecule has 0 unspecified atom stereocenters. The Morgan fingerprint density at radius 2 is 1.66 bits per heavy atom. The van der Waals surface area contributed by atoms with Crippen LogP contribution in [0.3, 0.4) is 0 Å². The minimum Gasteiger partial charge on any atom is -0.371 e. The number of nitrogens with one attached hydrogen (secondary N) is 3.